The molecule has 60 valence electrons. The average Bonchev–Trinajstić information content (AvgIpc) is 1.90. The van der Waals surface area contributed by atoms with Gasteiger partial charge in [0.2, 0.25) is 0 Å². The molecule has 0 spiro atoms. The molecule has 3 heteroatoms. The summed E-state index contributed by atoms with van der Waals surface area (Å²) >= 11 is 0. The second-order valence-electron chi connectivity index (χ2n) is 2.17. The number of hydrogen-bond acceptors (Lipinski definition) is 3. The molecule has 3 nitrogen and oxygen atoms in total. The van der Waals surface area contributed by atoms with E-state index < -0.39 is 0 Å². The van der Waals surface area contributed by atoms with Crippen molar-refractivity contribution in [3.63, 3.8) is 0 Å². The third kappa shape index (κ3) is 4.61. The van der Waals surface area contributed by atoms with Crippen LogP contribution >= 0.6 is 0 Å². The van der Waals surface area contributed by atoms with E-state index in [2.05, 4.69) is 0 Å². The summed E-state index contributed by atoms with van der Waals surface area (Å²) in [6.45, 7) is 0.319. The fourth-order valence-corrected chi connectivity index (χ4v) is 0.849. The Kier molecular flexibility index (Phi) is 6.69. The van der Waals surface area contributed by atoms with Gasteiger partial charge in [0.05, 0.1) is 25.7 Å². The van der Waals surface area contributed by atoms with Gasteiger partial charge in [0.25, 0.3) is 0 Å². The van der Waals surface area contributed by atoms with Gasteiger partial charge in [-0.2, -0.15) is 0 Å². The minimum absolute atomic E-state index is 0.106. The van der Waals surface area contributed by atoms with Crippen molar-refractivity contribution < 1.29 is 15.3 Å². The first-order valence-electron chi connectivity index (χ1n) is 3.51. The van der Waals surface area contributed by atoms with Gasteiger partial charge in [0, 0.05) is 0 Å². The largest absolute Gasteiger partial charge is 0.392 e. The first-order chi connectivity index (χ1) is 4.85. The van der Waals surface area contributed by atoms with Crippen molar-refractivity contribution in [3.8, 4) is 0 Å². The van der Waals surface area contributed by atoms with E-state index in [0.717, 1.165) is 5.92 Å². The summed E-state index contributed by atoms with van der Waals surface area (Å²) in [4.78, 5) is 0. The molecule has 0 saturated carbocycles. The summed E-state index contributed by atoms with van der Waals surface area (Å²) in [5.41, 5.74) is 0. The second kappa shape index (κ2) is 6.86. The Balaban J connectivity index is 3.30. The number of hydrogen-bond donors (Lipinski definition) is 3. The van der Waals surface area contributed by atoms with Crippen molar-refractivity contribution in [1.29, 1.82) is 0 Å². The van der Waals surface area contributed by atoms with E-state index in [4.69, 9.17) is 15.3 Å². The van der Waals surface area contributed by atoms with Crippen LogP contribution in [0.3, 0.4) is 0 Å². The summed E-state index contributed by atoms with van der Waals surface area (Å²) in [7, 11) is 0. The van der Waals surface area contributed by atoms with Crippen LogP contribution in [0.1, 0.15) is 19.3 Å². The third-order valence-corrected chi connectivity index (χ3v) is 1.40. The van der Waals surface area contributed by atoms with Gasteiger partial charge in [-0.05, 0) is 0 Å². The lowest BCUT2D eigenvalue weighted by atomic mass is 9.99. The Morgan fingerprint density at radius 1 is 0.700 bits per heavy atom. The van der Waals surface area contributed by atoms with Crippen molar-refractivity contribution in [1.82, 2.24) is 0 Å². The maximum atomic E-state index is 8.51. The van der Waals surface area contributed by atoms with Crippen LogP contribution in [0.5, 0.6) is 0 Å². The van der Waals surface area contributed by atoms with Gasteiger partial charge in [-0.1, -0.05) is 0 Å². The molecule has 0 aromatic rings. The quantitative estimate of drug-likeness (QED) is 0.452. The number of aliphatic hydroxyl groups excluding tert-OH is 3. The minimum atomic E-state index is 0.106. The molecule has 10 heavy (non-hydrogen) atoms. The monoisotopic (exact) mass is 147 g/mol. The Hall–Kier alpha value is -0.250. The Bertz CT molecular complexity index is 51.6. The SMILES string of the molecule is OCC[C+](CCO)CCO. The highest BCUT2D eigenvalue weighted by atomic mass is 16.3. The summed E-state index contributed by atoms with van der Waals surface area (Å²) in [5.74, 6) is 1.03. The topological polar surface area (TPSA) is 60.7 Å². The molecular weight excluding hydrogens is 132 g/mol. The molecule has 0 aliphatic rings. The Morgan fingerprint density at radius 3 is 1.20 bits per heavy atom. The van der Waals surface area contributed by atoms with E-state index in [0.29, 0.717) is 19.3 Å². The molecule has 0 saturated heterocycles. The summed E-state index contributed by atoms with van der Waals surface area (Å²) in [6, 6.07) is 0. The van der Waals surface area contributed by atoms with E-state index in [-0.39, 0.29) is 19.8 Å². The predicted octanol–water partition coefficient (Wildman–Crippen LogP) is -0.292. The lowest BCUT2D eigenvalue weighted by Crippen LogP contribution is -2.05. The van der Waals surface area contributed by atoms with Gasteiger partial charge in [-0.25, -0.2) is 0 Å². The van der Waals surface area contributed by atoms with Crippen LogP contribution < -0.4 is 0 Å². The molecule has 0 amide bonds. The van der Waals surface area contributed by atoms with Gasteiger partial charge in [-0.15, -0.1) is 0 Å². The lowest BCUT2D eigenvalue weighted by Gasteiger charge is -2.00. The van der Waals surface area contributed by atoms with Crippen molar-refractivity contribution >= 4 is 0 Å². The summed E-state index contributed by atoms with van der Waals surface area (Å²) in [6.07, 6.45) is 1.80. The van der Waals surface area contributed by atoms with Gasteiger partial charge in [0.1, 0.15) is 19.3 Å². The molecule has 0 fully saturated rings. The zero-order valence-corrected chi connectivity index (χ0v) is 6.08. The zero-order valence-electron chi connectivity index (χ0n) is 6.08. The number of rotatable bonds is 6. The normalized spacial score (nSPS) is 9.90. The molecule has 0 rings (SSSR count). The van der Waals surface area contributed by atoms with Crippen molar-refractivity contribution in [2.45, 2.75) is 19.3 Å². The average molecular weight is 147 g/mol. The van der Waals surface area contributed by atoms with Crippen LogP contribution in [0.4, 0.5) is 0 Å². The molecule has 3 N–H and O–H groups in total. The Labute approximate surface area is 61.3 Å². The van der Waals surface area contributed by atoms with Crippen LogP contribution in [0, 0.1) is 5.92 Å². The molecule has 0 heterocycles. The molecule has 0 aromatic heterocycles. The summed E-state index contributed by atoms with van der Waals surface area (Å²) in [5, 5.41) is 25.5. The van der Waals surface area contributed by atoms with Crippen LogP contribution in [0.15, 0.2) is 0 Å². The second-order valence-corrected chi connectivity index (χ2v) is 2.17. The molecule has 0 atom stereocenters. The minimum Gasteiger partial charge on any atom is -0.392 e. The molecule has 0 aromatic carbocycles. The van der Waals surface area contributed by atoms with Crippen molar-refractivity contribution in [2.75, 3.05) is 19.8 Å². The summed E-state index contributed by atoms with van der Waals surface area (Å²) < 4.78 is 0. The molecule has 0 aliphatic heterocycles. The van der Waals surface area contributed by atoms with E-state index in [1.54, 1.807) is 0 Å². The van der Waals surface area contributed by atoms with Crippen molar-refractivity contribution in [2.24, 2.45) is 0 Å². The van der Waals surface area contributed by atoms with Crippen LogP contribution in [0.25, 0.3) is 0 Å². The van der Waals surface area contributed by atoms with E-state index >= 15 is 0 Å². The Morgan fingerprint density at radius 2 is 1.00 bits per heavy atom. The highest BCUT2D eigenvalue weighted by Gasteiger charge is 2.17. The molecular formula is C7H15O3+. The smallest absolute Gasteiger partial charge is 0.113 e. The zero-order chi connectivity index (χ0) is 7.82. The standard InChI is InChI=1S/C7H15O3/c8-4-1-7(2-5-9)3-6-10/h8-10H,1-6H2/q+1. The van der Waals surface area contributed by atoms with Crippen LogP contribution in [-0.2, 0) is 0 Å². The highest BCUT2D eigenvalue weighted by Crippen LogP contribution is 2.13. The molecule has 0 bridgehead atoms. The maximum Gasteiger partial charge on any atom is 0.113 e. The first-order valence-corrected chi connectivity index (χ1v) is 3.51. The number of aliphatic hydroxyl groups is 3. The lowest BCUT2D eigenvalue weighted by molar-refractivity contribution is 0.243. The van der Waals surface area contributed by atoms with Crippen LogP contribution in [-0.4, -0.2) is 35.1 Å². The van der Waals surface area contributed by atoms with E-state index in [1.165, 1.54) is 0 Å². The van der Waals surface area contributed by atoms with Gasteiger partial charge in [0.15, 0.2) is 0 Å². The molecule has 0 unspecified atom stereocenters. The van der Waals surface area contributed by atoms with Gasteiger partial charge >= 0.3 is 0 Å². The fraction of sp³-hybridized carbons (Fsp3) is 0.857. The van der Waals surface area contributed by atoms with Crippen molar-refractivity contribution in [3.05, 3.63) is 5.92 Å². The third-order valence-electron chi connectivity index (χ3n) is 1.40. The maximum absolute atomic E-state index is 8.51. The fourth-order valence-electron chi connectivity index (χ4n) is 0.849. The van der Waals surface area contributed by atoms with Gasteiger partial charge < -0.3 is 15.3 Å². The van der Waals surface area contributed by atoms with Crippen LogP contribution in [0.2, 0.25) is 0 Å². The molecule has 0 aliphatic carbocycles. The van der Waals surface area contributed by atoms with E-state index in [9.17, 15) is 0 Å². The molecule has 0 radical (unpaired) electrons. The van der Waals surface area contributed by atoms with Gasteiger partial charge in [-0.3, -0.25) is 0 Å². The predicted molar refractivity (Wildman–Crippen MR) is 38.4 cm³/mol. The first kappa shape index (κ1) is 9.75. The highest BCUT2D eigenvalue weighted by molar-refractivity contribution is 4.88. The van der Waals surface area contributed by atoms with E-state index in [1.807, 2.05) is 0 Å².